The third-order valence-electron chi connectivity index (χ3n) is 11.4. The number of anilines is 1. The molecule has 4 aliphatic rings. The van der Waals surface area contributed by atoms with Gasteiger partial charge in [0.2, 0.25) is 11.8 Å². The van der Waals surface area contributed by atoms with Gasteiger partial charge < -0.3 is 9.84 Å². The molecule has 0 aromatic heterocycles. The summed E-state index contributed by atoms with van der Waals surface area (Å²) in [5.41, 5.74) is 2.74. The number of phenolic OH excluding ortho intramolecular Hbond substituents is 1. The van der Waals surface area contributed by atoms with E-state index in [1.807, 2.05) is 85.8 Å². The van der Waals surface area contributed by atoms with E-state index in [0.717, 1.165) is 11.1 Å². The second kappa shape index (κ2) is 12.5. The molecule has 7 heteroatoms. The van der Waals surface area contributed by atoms with E-state index in [9.17, 15) is 14.7 Å². The highest BCUT2D eigenvalue weighted by Crippen LogP contribution is 2.65. The molecule has 2 amide bonds. The van der Waals surface area contributed by atoms with Crippen LogP contribution in [0.5, 0.6) is 11.5 Å². The highest BCUT2D eigenvalue weighted by Gasteiger charge is 2.66. The van der Waals surface area contributed by atoms with E-state index in [0.29, 0.717) is 34.6 Å². The molecular formula is C44H37NO6. The zero-order valence-corrected chi connectivity index (χ0v) is 28.2. The average molecular weight is 676 g/mol. The maximum absolute atomic E-state index is 15.2. The van der Waals surface area contributed by atoms with Crippen LogP contribution in [0.25, 0.3) is 11.6 Å². The Balaban J connectivity index is 1.36. The van der Waals surface area contributed by atoms with Gasteiger partial charge in [-0.2, -0.15) is 0 Å². The van der Waals surface area contributed by atoms with Crippen LogP contribution in [0.3, 0.4) is 0 Å². The number of carbonyl (C=O) groups is 4. The Kier molecular flexibility index (Phi) is 7.94. The fraction of sp³-hybridized carbons (Fsp3) is 0.227. The summed E-state index contributed by atoms with van der Waals surface area (Å²) in [6.07, 6.45) is 5.64. The summed E-state index contributed by atoms with van der Waals surface area (Å²) in [4.78, 5) is 60.2. The molecule has 51 heavy (non-hydrogen) atoms. The van der Waals surface area contributed by atoms with Crippen molar-refractivity contribution in [2.45, 2.75) is 31.1 Å². The lowest BCUT2D eigenvalue weighted by Gasteiger charge is -2.55. The molecule has 0 bridgehead atoms. The third kappa shape index (κ3) is 4.78. The van der Waals surface area contributed by atoms with Crippen LogP contribution in [0, 0.1) is 23.7 Å². The third-order valence-corrected chi connectivity index (χ3v) is 11.4. The predicted molar refractivity (Wildman–Crippen MR) is 195 cm³/mol. The second-order valence-electron chi connectivity index (χ2n) is 13.7. The maximum Gasteiger partial charge on any atom is 0.238 e. The molecule has 4 aromatic rings. The van der Waals surface area contributed by atoms with Gasteiger partial charge in [0.15, 0.2) is 23.1 Å². The van der Waals surface area contributed by atoms with Crippen LogP contribution >= 0.6 is 0 Å². The SMILES string of the molecule is C=Cc1ccc(N2C(=O)[C@H]3[C@H](CC=C4[C@H]3C[C@H]3C(=O)C(c5ccccc5)=CC(=O)[C@@]3(c3ccccc3)[C@H]4c3cccc(OCC)c3O)C2=O)cc1. The number of ketones is 2. The summed E-state index contributed by atoms with van der Waals surface area (Å²) >= 11 is 0. The van der Waals surface area contributed by atoms with Gasteiger partial charge in [-0.1, -0.05) is 109 Å². The molecule has 1 saturated carbocycles. The molecule has 254 valence electrons. The minimum atomic E-state index is -1.44. The number of amides is 2. The molecule has 3 aliphatic carbocycles. The van der Waals surface area contributed by atoms with Gasteiger partial charge in [-0.3, -0.25) is 24.1 Å². The minimum absolute atomic E-state index is 0.113. The summed E-state index contributed by atoms with van der Waals surface area (Å²) in [6.45, 7) is 5.94. The summed E-state index contributed by atoms with van der Waals surface area (Å²) in [5, 5.41) is 11.9. The first-order chi connectivity index (χ1) is 24.8. The van der Waals surface area contributed by atoms with Crippen LogP contribution < -0.4 is 9.64 Å². The fourth-order valence-corrected chi connectivity index (χ4v) is 9.28. The Labute approximate surface area is 296 Å². The van der Waals surface area contributed by atoms with Gasteiger partial charge in [-0.25, -0.2) is 0 Å². The number of carbonyl (C=O) groups excluding carboxylic acids is 4. The number of phenols is 1. The maximum atomic E-state index is 15.2. The molecule has 1 heterocycles. The van der Waals surface area contributed by atoms with E-state index in [4.69, 9.17) is 4.74 Å². The lowest BCUT2D eigenvalue weighted by Crippen LogP contribution is -2.58. The highest BCUT2D eigenvalue weighted by molar-refractivity contribution is 6.32. The molecule has 6 atom stereocenters. The first kappa shape index (κ1) is 32.4. The molecule has 8 rings (SSSR count). The summed E-state index contributed by atoms with van der Waals surface area (Å²) in [7, 11) is 0. The van der Waals surface area contributed by atoms with Gasteiger partial charge in [-0.15, -0.1) is 0 Å². The number of allylic oxidation sites excluding steroid dienone is 4. The Morgan fingerprint density at radius 1 is 0.863 bits per heavy atom. The largest absolute Gasteiger partial charge is 0.504 e. The highest BCUT2D eigenvalue weighted by atomic mass is 16.5. The zero-order chi connectivity index (χ0) is 35.4. The molecule has 7 nitrogen and oxygen atoms in total. The van der Waals surface area contributed by atoms with E-state index in [1.54, 1.807) is 36.4 Å². The Bertz CT molecular complexity index is 2150. The van der Waals surface area contributed by atoms with Gasteiger partial charge in [0, 0.05) is 23.0 Å². The van der Waals surface area contributed by atoms with Crippen molar-refractivity contribution in [3.63, 3.8) is 0 Å². The summed E-state index contributed by atoms with van der Waals surface area (Å²) in [5.74, 6) is -4.56. The number of imide groups is 1. The lowest BCUT2D eigenvalue weighted by molar-refractivity contribution is -0.135. The number of ether oxygens (including phenoxy) is 1. The number of rotatable bonds is 7. The number of fused-ring (bicyclic) bond motifs is 4. The zero-order valence-electron chi connectivity index (χ0n) is 28.2. The molecule has 1 aliphatic heterocycles. The fourth-order valence-electron chi connectivity index (χ4n) is 9.28. The number of para-hydroxylation sites is 1. The van der Waals surface area contributed by atoms with Crippen LogP contribution in [0.4, 0.5) is 5.69 Å². The Hall–Kier alpha value is -5.82. The predicted octanol–water partition coefficient (Wildman–Crippen LogP) is 7.46. The van der Waals surface area contributed by atoms with Crippen molar-refractivity contribution in [2.24, 2.45) is 23.7 Å². The van der Waals surface area contributed by atoms with Crippen LogP contribution in [0.15, 0.2) is 127 Å². The number of hydrogen-bond acceptors (Lipinski definition) is 6. The van der Waals surface area contributed by atoms with E-state index < -0.39 is 35.0 Å². The molecule has 0 radical (unpaired) electrons. The van der Waals surface area contributed by atoms with Crippen LogP contribution in [0.2, 0.25) is 0 Å². The number of benzene rings is 4. The van der Waals surface area contributed by atoms with Crippen molar-refractivity contribution < 1.29 is 29.0 Å². The van der Waals surface area contributed by atoms with Crippen molar-refractivity contribution in [3.05, 3.63) is 150 Å². The average Bonchev–Trinajstić information content (AvgIpc) is 3.42. The molecule has 1 saturated heterocycles. The van der Waals surface area contributed by atoms with Crippen molar-refractivity contribution in [1.29, 1.82) is 0 Å². The molecular weight excluding hydrogens is 638 g/mol. The number of nitrogens with zero attached hydrogens (tertiary/aromatic N) is 1. The van der Waals surface area contributed by atoms with Gasteiger partial charge in [-0.05, 0) is 66.6 Å². The summed E-state index contributed by atoms with van der Waals surface area (Å²) in [6, 6.07) is 30.9. The van der Waals surface area contributed by atoms with Crippen molar-refractivity contribution in [3.8, 4) is 11.5 Å². The van der Waals surface area contributed by atoms with Crippen LogP contribution in [0.1, 0.15) is 47.9 Å². The first-order valence-corrected chi connectivity index (χ1v) is 17.5. The van der Waals surface area contributed by atoms with Gasteiger partial charge in [0.1, 0.15) is 0 Å². The van der Waals surface area contributed by atoms with Crippen molar-refractivity contribution in [2.75, 3.05) is 11.5 Å². The molecule has 0 spiro atoms. The number of Topliss-reactive ketones (excluding diaryl/α,β-unsaturated/α-hetero) is 1. The molecule has 1 N–H and O–H groups in total. The minimum Gasteiger partial charge on any atom is -0.504 e. The first-order valence-electron chi connectivity index (χ1n) is 17.5. The smallest absolute Gasteiger partial charge is 0.238 e. The van der Waals surface area contributed by atoms with Gasteiger partial charge >= 0.3 is 0 Å². The van der Waals surface area contributed by atoms with Crippen molar-refractivity contribution in [1.82, 2.24) is 0 Å². The topological polar surface area (TPSA) is 101 Å². The monoisotopic (exact) mass is 675 g/mol. The number of aromatic hydroxyl groups is 1. The second-order valence-corrected chi connectivity index (χ2v) is 13.7. The normalized spacial score (nSPS) is 26.8. The number of hydrogen-bond donors (Lipinski definition) is 1. The van der Waals surface area contributed by atoms with Crippen LogP contribution in [-0.4, -0.2) is 35.1 Å². The quantitative estimate of drug-likeness (QED) is 0.161. The summed E-state index contributed by atoms with van der Waals surface area (Å²) < 4.78 is 5.84. The lowest BCUT2D eigenvalue weighted by atomic mass is 9.44. The van der Waals surface area contributed by atoms with E-state index in [2.05, 4.69) is 6.58 Å². The van der Waals surface area contributed by atoms with Gasteiger partial charge in [0.05, 0.1) is 29.5 Å². The Morgan fingerprint density at radius 2 is 1.57 bits per heavy atom. The van der Waals surface area contributed by atoms with E-state index in [-0.39, 0.29) is 47.7 Å². The van der Waals surface area contributed by atoms with E-state index in [1.165, 1.54) is 11.0 Å². The van der Waals surface area contributed by atoms with Gasteiger partial charge in [0.25, 0.3) is 0 Å². The van der Waals surface area contributed by atoms with E-state index >= 15 is 9.59 Å². The molecule has 0 unspecified atom stereocenters. The van der Waals surface area contributed by atoms with Crippen LogP contribution in [-0.2, 0) is 24.6 Å². The Morgan fingerprint density at radius 3 is 2.25 bits per heavy atom. The molecule has 2 fully saturated rings. The molecule has 4 aromatic carbocycles. The van der Waals surface area contributed by atoms with Crippen molar-refractivity contribution >= 4 is 40.7 Å². The standard InChI is InChI=1S/C44H37NO6/c1-3-26-18-20-29(21-19-26)45-42(49)31-23-22-30-34(38(31)43(45)50)24-35-40(47)33(27-12-7-5-8-13-27)25-37(46)44(35,28-14-9-6-10-15-28)39(30)32-16-11-17-36(41(32)48)51-4-2/h3,5-22,25,31,34-35,38-39,48H,1,4,23-24H2,2H3/t31-,34+,35-,38-,39+,44-/m0/s1.